The molecule has 1 aliphatic rings. The third-order valence-corrected chi connectivity index (χ3v) is 2.81. The molecule has 2 aromatic rings. The van der Waals surface area contributed by atoms with Crippen LogP contribution in [0.15, 0.2) is 24.4 Å². The number of benzene rings is 1. The fraction of sp³-hybridized carbons (Fsp3) is 0.308. The minimum Gasteiger partial charge on any atom is -0.477 e. The number of hydrogen-bond donors (Lipinski definition) is 1. The molecule has 94 valence electrons. The largest absolute Gasteiger partial charge is 0.477 e. The predicted molar refractivity (Wildman–Crippen MR) is 67.0 cm³/mol. The van der Waals surface area contributed by atoms with Crippen LogP contribution >= 0.6 is 0 Å². The van der Waals surface area contributed by atoms with Gasteiger partial charge in [-0.05, 0) is 36.6 Å². The van der Waals surface area contributed by atoms with Gasteiger partial charge in [0.05, 0.1) is 6.61 Å². The Labute approximate surface area is 104 Å². The van der Waals surface area contributed by atoms with Crippen LogP contribution in [0, 0.1) is 0 Å². The average Bonchev–Trinajstić information content (AvgIpc) is 2.84. The zero-order chi connectivity index (χ0) is 12.4. The molecule has 3 rings (SSSR count). The maximum atomic E-state index is 5.63. The summed E-state index contributed by atoms with van der Waals surface area (Å²) in [6, 6.07) is 5.77. The summed E-state index contributed by atoms with van der Waals surface area (Å²) < 4.78 is 16.3. The van der Waals surface area contributed by atoms with E-state index in [9.17, 15) is 0 Å². The van der Waals surface area contributed by atoms with Gasteiger partial charge in [0.25, 0.3) is 0 Å². The second kappa shape index (κ2) is 4.70. The Balaban J connectivity index is 1.99. The highest BCUT2D eigenvalue weighted by Crippen LogP contribution is 2.38. The van der Waals surface area contributed by atoms with Crippen molar-refractivity contribution in [2.45, 2.75) is 6.42 Å². The maximum Gasteiger partial charge on any atom is 0.231 e. The molecule has 0 atom stereocenters. The Bertz CT molecular complexity index is 571. The van der Waals surface area contributed by atoms with Crippen molar-refractivity contribution in [1.29, 1.82) is 0 Å². The van der Waals surface area contributed by atoms with E-state index in [1.807, 2.05) is 18.2 Å². The van der Waals surface area contributed by atoms with E-state index >= 15 is 0 Å². The van der Waals surface area contributed by atoms with Crippen LogP contribution in [0.4, 0.5) is 0 Å². The summed E-state index contributed by atoms with van der Waals surface area (Å²) in [4.78, 5) is 4.24. The van der Waals surface area contributed by atoms with Gasteiger partial charge >= 0.3 is 0 Å². The Hall–Kier alpha value is -2.01. The molecule has 0 saturated carbocycles. The van der Waals surface area contributed by atoms with Crippen molar-refractivity contribution in [2.75, 3.05) is 19.9 Å². The van der Waals surface area contributed by atoms with Gasteiger partial charge in [0.1, 0.15) is 0 Å². The number of nitrogens with zero attached hydrogens (tertiary/aromatic N) is 1. The van der Waals surface area contributed by atoms with Crippen molar-refractivity contribution < 1.29 is 14.2 Å². The Morgan fingerprint density at radius 3 is 2.94 bits per heavy atom. The van der Waals surface area contributed by atoms with Crippen LogP contribution in [0.1, 0.15) is 6.42 Å². The summed E-state index contributed by atoms with van der Waals surface area (Å²) in [5.41, 5.74) is 5.44. The second-order valence-electron chi connectivity index (χ2n) is 4.03. The van der Waals surface area contributed by atoms with Crippen LogP contribution in [0.25, 0.3) is 10.8 Å². The zero-order valence-corrected chi connectivity index (χ0v) is 9.89. The predicted octanol–water partition coefficient (Wildman–Crippen LogP) is 1.69. The molecule has 0 aliphatic carbocycles. The molecule has 0 spiro atoms. The van der Waals surface area contributed by atoms with E-state index in [2.05, 4.69) is 4.98 Å². The van der Waals surface area contributed by atoms with Gasteiger partial charge in [0.15, 0.2) is 11.5 Å². The summed E-state index contributed by atoms with van der Waals surface area (Å²) in [5.74, 6) is 2.11. The highest BCUT2D eigenvalue weighted by Gasteiger charge is 2.16. The minimum absolute atomic E-state index is 0.266. The topological polar surface area (TPSA) is 66.6 Å². The fourth-order valence-electron chi connectivity index (χ4n) is 1.90. The van der Waals surface area contributed by atoms with Gasteiger partial charge in [0.2, 0.25) is 12.7 Å². The molecule has 5 nitrogen and oxygen atoms in total. The van der Waals surface area contributed by atoms with Gasteiger partial charge in [-0.1, -0.05) is 0 Å². The number of ether oxygens (including phenoxy) is 3. The van der Waals surface area contributed by atoms with Crippen LogP contribution in [0.2, 0.25) is 0 Å². The molecule has 2 heterocycles. The van der Waals surface area contributed by atoms with E-state index in [1.54, 1.807) is 6.20 Å². The first-order chi connectivity index (χ1) is 8.88. The zero-order valence-electron chi connectivity index (χ0n) is 9.89. The first-order valence-corrected chi connectivity index (χ1v) is 5.90. The van der Waals surface area contributed by atoms with E-state index in [0.717, 1.165) is 28.7 Å². The molecular formula is C13H14N2O3. The molecule has 2 N–H and O–H groups in total. The van der Waals surface area contributed by atoms with Crippen LogP contribution in [-0.4, -0.2) is 24.9 Å². The fourth-order valence-corrected chi connectivity index (χ4v) is 1.90. The first kappa shape index (κ1) is 11.1. The lowest BCUT2D eigenvalue weighted by Crippen LogP contribution is -2.06. The van der Waals surface area contributed by atoms with Crippen molar-refractivity contribution in [3.8, 4) is 17.4 Å². The third-order valence-electron chi connectivity index (χ3n) is 2.81. The summed E-state index contributed by atoms with van der Waals surface area (Å²) in [7, 11) is 0. The summed E-state index contributed by atoms with van der Waals surface area (Å²) >= 11 is 0. The molecule has 1 aromatic carbocycles. The van der Waals surface area contributed by atoms with Gasteiger partial charge in [0, 0.05) is 11.6 Å². The normalized spacial score (nSPS) is 12.9. The van der Waals surface area contributed by atoms with Crippen LogP contribution < -0.4 is 19.9 Å². The lowest BCUT2D eigenvalue weighted by Gasteiger charge is -2.08. The lowest BCUT2D eigenvalue weighted by molar-refractivity contribution is 0.174. The highest BCUT2D eigenvalue weighted by molar-refractivity contribution is 5.90. The van der Waals surface area contributed by atoms with E-state index < -0.39 is 0 Å². The van der Waals surface area contributed by atoms with Gasteiger partial charge in [-0.15, -0.1) is 0 Å². The molecule has 0 unspecified atom stereocenters. The smallest absolute Gasteiger partial charge is 0.231 e. The molecule has 1 aliphatic heterocycles. The quantitative estimate of drug-likeness (QED) is 0.831. The third kappa shape index (κ3) is 1.93. The first-order valence-electron chi connectivity index (χ1n) is 5.90. The molecule has 1 aromatic heterocycles. The Morgan fingerprint density at radius 2 is 2.11 bits per heavy atom. The van der Waals surface area contributed by atoms with E-state index in [4.69, 9.17) is 19.9 Å². The summed E-state index contributed by atoms with van der Waals surface area (Å²) in [6.07, 6.45) is 2.53. The number of rotatable bonds is 4. The van der Waals surface area contributed by atoms with Gasteiger partial charge in [-0.25, -0.2) is 4.98 Å². The summed E-state index contributed by atoms with van der Waals surface area (Å²) in [5, 5.41) is 1.95. The van der Waals surface area contributed by atoms with Crippen LogP contribution in [0.3, 0.4) is 0 Å². The Kier molecular flexibility index (Phi) is 2.90. The van der Waals surface area contributed by atoms with Gasteiger partial charge in [-0.2, -0.15) is 0 Å². The number of aromatic nitrogens is 1. The van der Waals surface area contributed by atoms with Crippen molar-refractivity contribution in [2.24, 2.45) is 5.73 Å². The van der Waals surface area contributed by atoms with Crippen LogP contribution in [0.5, 0.6) is 17.4 Å². The molecule has 0 radical (unpaired) electrons. The molecule has 0 bridgehead atoms. The molecule has 0 fully saturated rings. The molecule has 5 heteroatoms. The van der Waals surface area contributed by atoms with Crippen molar-refractivity contribution in [3.05, 3.63) is 24.4 Å². The second-order valence-corrected chi connectivity index (χ2v) is 4.03. The van der Waals surface area contributed by atoms with E-state index in [1.165, 1.54) is 0 Å². The van der Waals surface area contributed by atoms with Crippen molar-refractivity contribution in [1.82, 2.24) is 4.98 Å². The number of pyridine rings is 1. The molecule has 0 amide bonds. The highest BCUT2D eigenvalue weighted by atomic mass is 16.7. The van der Waals surface area contributed by atoms with Crippen molar-refractivity contribution >= 4 is 10.8 Å². The molecule has 18 heavy (non-hydrogen) atoms. The van der Waals surface area contributed by atoms with Crippen LogP contribution in [-0.2, 0) is 0 Å². The average molecular weight is 246 g/mol. The minimum atomic E-state index is 0.266. The monoisotopic (exact) mass is 246 g/mol. The number of fused-ring (bicyclic) bond motifs is 2. The SMILES string of the molecule is NCCCOc1nccc2cc3c(cc12)OCO3. The maximum absolute atomic E-state index is 5.63. The Morgan fingerprint density at radius 1 is 1.28 bits per heavy atom. The van der Waals surface area contributed by atoms with E-state index in [-0.39, 0.29) is 6.79 Å². The summed E-state index contributed by atoms with van der Waals surface area (Å²) in [6.45, 7) is 1.44. The standard InChI is InChI=1S/C13H14N2O3/c14-3-1-5-16-13-10-7-12-11(17-8-18-12)6-9(10)2-4-15-13/h2,4,6-7H,1,3,5,8,14H2. The van der Waals surface area contributed by atoms with Gasteiger partial charge < -0.3 is 19.9 Å². The molecular weight excluding hydrogens is 232 g/mol. The molecule has 0 saturated heterocycles. The lowest BCUT2D eigenvalue weighted by atomic mass is 10.1. The van der Waals surface area contributed by atoms with E-state index in [0.29, 0.717) is 19.0 Å². The van der Waals surface area contributed by atoms with Crippen molar-refractivity contribution in [3.63, 3.8) is 0 Å². The van der Waals surface area contributed by atoms with Gasteiger partial charge in [-0.3, -0.25) is 0 Å². The number of nitrogens with two attached hydrogens (primary N) is 1. The number of hydrogen-bond acceptors (Lipinski definition) is 5.